The molecule has 0 radical (unpaired) electrons. The fourth-order valence-corrected chi connectivity index (χ4v) is 2.93. The molecule has 5 rings (SSSR count). The second-order valence-electron chi connectivity index (χ2n) is 6.30. The van der Waals surface area contributed by atoms with Gasteiger partial charge in [-0.2, -0.15) is 5.10 Å². The third kappa shape index (κ3) is 3.77. The van der Waals surface area contributed by atoms with E-state index in [0.717, 1.165) is 22.2 Å². The first-order valence-electron chi connectivity index (χ1n) is 8.98. The van der Waals surface area contributed by atoms with Crippen LogP contribution >= 0.6 is 0 Å². The Morgan fingerprint density at radius 2 is 2.03 bits per heavy atom. The van der Waals surface area contributed by atoms with Gasteiger partial charge in [0.2, 0.25) is 5.89 Å². The summed E-state index contributed by atoms with van der Waals surface area (Å²) in [6.45, 7) is 0.259. The number of nitrogens with one attached hydrogen (secondary N) is 2. The molecule has 0 atom stereocenters. The molecule has 8 heteroatoms. The predicted molar refractivity (Wildman–Crippen MR) is 108 cm³/mol. The molecule has 5 aromatic rings. The molecule has 0 bridgehead atoms. The number of hydrogen-bond acceptors (Lipinski definition) is 7. The van der Waals surface area contributed by atoms with Crippen LogP contribution in [0.1, 0.15) is 5.89 Å². The summed E-state index contributed by atoms with van der Waals surface area (Å²) in [4.78, 5) is 13.1. The van der Waals surface area contributed by atoms with Gasteiger partial charge in [0.1, 0.15) is 17.8 Å². The number of aromatic amines is 1. The van der Waals surface area contributed by atoms with Crippen molar-refractivity contribution in [1.29, 1.82) is 0 Å². The number of benzene rings is 2. The van der Waals surface area contributed by atoms with Crippen molar-refractivity contribution in [3.63, 3.8) is 0 Å². The van der Waals surface area contributed by atoms with Crippen molar-refractivity contribution in [1.82, 2.24) is 25.1 Å². The largest absolute Gasteiger partial charge is 0.484 e. The third-order valence-electron chi connectivity index (χ3n) is 4.31. The summed E-state index contributed by atoms with van der Waals surface area (Å²) in [7, 11) is 0. The maximum Gasteiger partial charge on any atom is 0.232 e. The lowest BCUT2D eigenvalue weighted by Gasteiger charge is -2.09. The van der Waals surface area contributed by atoms with E-state index >= 15 is 0 Å². The minimum Gasteiger partial charge on any atom is -0.484 e. The Labute approximate surface area is 165 Å². The van der Waals surface area contributed by atoms with E-state index in [9.17, 15) is 0 Å². The van der Waals surface area contributed by atoms with Crippen molar-refractivity contribution in [2.75, 3.05) is 5.32 Å². The lowest BCUT2D eigenvalue weighted by Crippen LogP contribution is -1.98. The highest BCUT2D eigenvalue weighted by Gasteiger charge is 2.07. The summed E-state index contributed by atoms with van der Waals surface area (Å²) >= 11 is 0. The Hall–Kier alpha value is -4.20. The van der Waals surface area contributed by atoms with Crippen molar-refractivity contribution in [2.45, 2.75) is 6.61 Å². The topological polar surface area (TPSA) is 102 Å². The molecule has 142 valence electrons. The van der Waals surface area contributed by atoms with Crippen LogP contribution in [0.5, 0.6) is 5.75 Å². The van der Waals surface area contributed by atoms with Crippen LogP contribution in [0.4, 0.5) is 11.5 Å². The van der Waals surface area contributed by atoms with Crippen molar-refractivity contribution in [3.8, 4) is 17.1 Å². The number of nitrogens with zero attached hydrogens (tertiary/aromatic N) is 4. The standard InChI is InChI=1S/C21H16N6O2/c1-2-14(11-17(3-1)29-13-20-22-8-9-28-20)21-23-7-6-19(26-21)25-16-4-5-18-15(10-16)12-24-27-18/h1-12H,13H2,(H,24,27)(H,23,25,26). The van der Waals surface area contributed by atoms with E-state index < -0.39 is 0 Å². The number of aromatic nitrogens is 5. The molecule has 0 aliphatic carbocycles. The first kappa shape index (κ1) is 16.9. The van der Waals surface area contributed by atoms with Gasteiger partial charge < -0.3 is 14.5 Å². The molecular weight excluding hydrogens is 368 g/mol. The molecule has 0 spiro atoms. The monoisotopic (exact) mass is 384 g/mol. The molecule has 0 aliphatic heterocycles. The molecule has 8 nitrogen and oxygen atoms in total. The molecule has 29 heavy (non-hydrogen) atoms. The van der Waals surface area contributed by atoms with E-state index in [4.69, 9.17) is 9.15 Å². The van der Waals surface area contributed by atoms with Crippen molar-refractivity contribution in [2.24, 2.45) is 0 Å². The van der Waals surface area contributed by atoms with Gasteiger partial charge in [-0.05, 0) is 36.4 Å². The molecule has 0 saturated heterocycles. The van der Waals surface area contributed by atoms with Crippen LogP contribution in [-0.4, -0.2) is 25.1 Å². The molecule has 2 N–H and O–H groups in total. The normalized spacial score (nSPS) is 10.9. The number of fused-ring (bicyclic) bond motifs is 1. The number of hydrogen-bond donors (Lipinski definition) is 2. The molecular formula is C21H16N6O2. The van der Waals surface area contributed by atoms with Crippen LogP contribution < -0.4 is 10.1 Å². The summed E-state index contributed by atoms with van der Waals surface area (Å²) in [5.74, 6) is 2.51. The second-order valence-corrected chi connectivity index (χ2v) is 6.30. The lowest BCUT2D eigenvalue weighted by molar-refractivity contribution is 0.263. The van der Waals surface area contributed by atoms with Crippen molar-refractivity contribution in [3.05, 3.63) is 79.3 Å². The number of anilines is 2. The SMILES string of the molecule is c1cc(OCc2ncco2)cc(-c2nccc(Nc3ccc4[nH]ncc4c3)n2)c1. The number of H-pyrrole nitrogens is 1. The van der Waals surface area contributed by atoms with Crippen LogP contribution in [0.15, 0.2) is 77.8 Å². The lowest BCUT2D eigenvalue weighted by atomic mass is 10.2. The minimum absolute atomic E-state index is 0.259. The Bertz CT molecular complexity index is 1250. The molecule has 0 unspecified atom stereocenters. The molecule has 3 heterocycles. The average molecular weight is 384 g/mol. The van der Waals surface area contributed by atoms with Gasteiger partial charge in [0.05, 0.1) is 17.9 Å². The zero-order valence-corrected chi connectivity index (χ0v) is 15.2. The average Bonchev–Trinajstić information content (AvgIpc) is 3.44. The number of rotatable bonds is 6. The number of oxazole rings is 1. The van der Waals surface area contributed by atoms with E-state index in [2.05, 4.69) is 30.5 Å². The molecule has 0 aliphatic rings. The third-order valence-corrected chi connectivity index (χ3v) is 4.31. The van der Waals surface area contributed by atoms with Gasteiger partial charge in [0, 0.05) is 22.8 Å². The van der Waals surface area contributed by atoms with Gasteiger partial charge in [-0.25, -0.2) is 15.0 Å². The molecule has 3 aromatic heterocycles. The smallest absolute Gasteiger partial charge is 0.232 e. The highest BCUT2D eigenvalue weighted by Crippen LogP contribution is 2.24. The summed E-state index contributed by atoms with van der Waals surface area (Å²) in [5.41, 5.74) is 2.76. The Kier molecular flexibility index (Phi) is 4.34. The summed E-state index contributed by atoms with van der Waals surface area (Å²) in [5, 5.41) is 11.3. The zero-order chi connectivity index (χ0) is 19.5. The fourth-order valence-electron chi connectivity index (χ4n) is 2.93. The summed E-state index contributed by atoms with van der Waals surface area (Å²) < 4.78 is 10.9. The molecule has 2 aromatic carbocycles. The first-order chi connectivity index (χ1) is 14.3. The molecule has 0 fully saturated rings. The predicted octanol–water partition coefficient (Wildman–Crippen LogP) is 4.33. The van der Waals surface area contributed by atoms with Crippen LogP contribution in [0.25, 0.3) is 22.3 Å². The maximum absolute atomic E-state index is 5.74. The van der Waals surface area contributed by atoms with Crippen molar-refractivity contribution < 1.29 is 9.15 Å². The van der Waals surface area contributed by atoms with Crippen LogP contribution in [-0.2, 0) is 6.61 Å². The second kappa shape index (κ2) is 7.43. The van der Waals surface area contributed by atoms with Crippen LogP contribution in [0.2, 0.25) is 0 Å². The van der Waals surface area contributed by atoms with Crippen molar-refractivity contribution >= 4 is 22.4 Å². The van der Waals surface area contributed by atoms with E-state index in [1.54, 1.807) is 18.6 Å². The quantitative estimate of drug-likeness (QED) is 0.449. The van der Waals surface area contributed by atoms with E-state index in [1.165, 1.54) is 6.26 Å². The minimum atomic E-state index is 0.259. The fraction of sp³-hybridized carbons (Fsp3) is 0.0476. The summed E-state index contributed by atoms with van der Waals surface area (Å²) in [6, 6.07) is 15.4. The highest BCUT2D eigenvalue weighted by molar-refractivity contribution is 5.82. The van der Waals surface area contributed by atoms with Crippen LogP contribution in [0.3, 0.4) is 0 Å². The summed E-state index contributed by atoms with van der Waals surface area (Å²) in [6.07, 6.45) is 6.62. The van der Waals surface area contributed by atoms with Gasteiger partial charge >= 0.3 is 0 Å². The van der Waals surface area contributed by atoms with E-state index in [-0.39, 0.29) is 6.61 Å². The van der Waals surface area contributed by atoms with Gasteiger partial charge in [-0.1, -0.05) is 12.1 Å². The highest BCUT2D eigenvalue weighted by atomic mass is 16.5. The van der Waals surface area contributed by atoms with Gasteiger partial charge in [-0.3, -0.25) is 5.10 Å². The van der Waals surface area contributed by atoms with Gasteiger partial charge in [0.15, 0.2) is 12.4 Å². The van der Waals surface area contributed by atoms with E-state index in [0.29, 0.717) is 23.3 Å². The van der Waals surface area contributed by atoms with Gasteiger partial charge in [0.25, 0.3) is 0 Å². The molecule has 0 amide bonds. The van der Waals surface area contributed by atoms with E-state index in [1.807, 2.05) is 48.5 Å². The molecule has 0 saturated carbocycles. The Balaban J connectivity index is 1.35. The van der Waals surface area contributed by atoms with Gasteiger partial charge in [-0.15, -0.1) is 0 Å². The first-order valence-corrected chi connectivity index (χ1v) is 8.98. The zero-order valence-electron chi connectivity index (χ0n) is 15.2. The number of ether oxygens (including phenoxy) is 1. The Morgan fingerprint density at radius 1 is 1.03 bits per heavy atom. The van der Waals surface area contributed by atoms with Crippen LogP contribution in [0, 0.1) is 0 Å². The maximum atomic E-state index is 5.74. The Morgan fingerprint density at radius 3 is 2.97 bits per heavy atom.